The lowest BCUT2D eigenvalue weighted by molar-refractivity contribution is 0.0933. The Morgan fingerprint density at radius 3 is 2.29 bits per heavy atom. The third-order valence-electron chi connectivity index (χ3n) is 2.59. The minimum absolute atomic E-state index is 0.00713. The molecule has 0 bridgehead atoms. The molecule has 1 aromatic carbocycles. The highest BCUT2D eigenvalue weighted by Gasteiger charge is 2.12. The highest BCUT2D eigenvalue weighted by Crippen LogP contribution is 2.20. The fourth-order valence-electron chi connectivity index (χ4n) is 1.68. The molecular weight excluding hydrogens is 346 g/mol. The van der Waals surface area contributed by atoms with Crippen molar-refractivity contribution in [2.75, 3.05) is 0 Å². The molecule has 2 nitrogen and oxygen atoms in total. The molecule has 1 atom stereocenters. The lowest BCUT2D eigenvalue weighted by atomic mass is 10.1. The van der Waals surface area contributed by atoms with Crippen molar-refractivity contribution < 1.29 is 4.79 Å². The van der Waals surface area contributed by atoms with Crippen LogP contribution in [-0.4, -0.2) is 11.9 Å². The van der Waals surface area contributed by atoms with E-state index in [4.69, 9.17) is 0 Å². The molecule has 0 heterocycles. The second kappa shape index (κ2) is 7.17. The second-order valence-electron chi connectivity index (χ2n) is 4.03. The molecule has 0 aromatic heterocycles. The van der Waals surface area contributed by atoms with Crippen molar-refractivity contribution in [3.05, 3.63) is 32.7 Å². The third-order valence-corrected chi connectivity index (χ3v) is 3.51. The average Bonchev–Trinajstić information content (AvgIpc) is 2.27. The van der Waals surface area contributed by atoms with E-state index in [-0.39, 0.29) is 11.9 Å². The van der Waals surface area contributed by atoms with E-state index < -0.39 is 0 Å². The Balaban J connectivity index is 2.75. The van der Waals surface area contributed by atoms with E-state index >= 15 is 0 Å². The molecule has 0 spiro atoms. The quantitative estimate of drug-likeness (QED) is 0.819. The van der Waals surface area contributed by atoms with Crippen LogP contribution in [0.1, 0.15) is 43.5 Å². The number of carbonyl (C=O) groups excluding carboxylic acids is 1. The fourth-order valence-corrected chi connectivity index (χ4v) is 2.97. The number of hydrogen-bond donors (Lipinski definition) is 1. The number of benzene rings is 1. The Bertz CT molecular complexity index is 373. The summed E-state index contributed by atoms with van der Waals surface area (Å²) in [5.41, 5.74) is 0.681. The van der Waals surface area contributed by atoms with Gasteiger partial charge in [-0.3, -0.25) is 4.79 Å². The Hall–Kier alpha value is -0.350. The topological polar surface area (TPSA) is 29.1 Å². The van der Waals surface area contributed by atoms with Gasteiger partial charge in [0.15, 0.2) is 0 Å². The van der Waals surface area contributed by atoms with Crippen LogP contribution in [0.15, 0.2) is 27.1 Å². The van der Waals surface area contributed by atoms with Crippen LogP contribution in [-0.2, 0) is 0 Å². The van der Waals surface area contributed by atoms with Gasteiger partial charge < -0.3 is 5.32 Å². The number of nitrogens with one attached hydrogen (secondary N) is 1. The average molecular weight is 363 g/mol. The van der Waals surface area contributed by atoms with Crippen molar-refractivity contribution >= 4 is 37.8 Å². The maximum Gasteiger partial charge on any atom is 0.251 e. The van der Waals surface area contributed by atoms with Crippen molar-refractivity contribution in [2.45, 2.75) is 39.2 Å². The Morgan fingerprint density at radius 1 is 1.24 bits per heavy atom. The molecule has 1 rings (SSSR count). The van der Waals surface area contributed by atoms with Gasteiger partial charge in [-0.15, -0.1) is 0 Å². The van der Waals surface area contributed by atoms with Gasteiger partial charge in [-0.2, -0.15) is 0 Å². The third kappa shape index (κ3) is 4.80. The highest BCUT2D eigenvalue weighted by atomic mass is 79.9. The number of hydrogen-bond acceptors (Lipinski definition) is 1. The molecule has 0 saturated heterocycles. The standard InChI is InChI=1S/C13H17Br2NO/c1-3-5-12(4-2)16-13(17)9-6-10(14)8-11(15)7-9/h6-8,12H,3-5H2,1-2H3,(H,16,17). The minimum atomic E-state index is -0.00713. The molecule has 0 aliphatic heterocycles. The van der Waals surface area contributed by atoms with Crippen molar-refractivity contribution in [1.29, 1.82) is 0 Å². The van der Waals surface area contributed by atoms with Crippen LogP contribution in [0, 0.1) is 0 Å². The first-order chi connectivity index (χ1) is 8.06. The first-order valence-electron chi connectivity index (χ1n) is 5.83. The first-order valence-corrected chi connectivity index (χ1v) is 7.42. The van der Waals surface area contributed by atoms with E-state index in [9.17, 15) is 4.79 Å². The van der Waals surface area contributed by atoms with Crippen molar-refractivity contribution in [3.8, 4) is 0 Å². The first kappa shape index (κ1) is 14.7. The molecule has 0 saturated carbocycles. The van der Waals surface area contributed by atoms with Gasteiger partial charge in [0.05, 0.1) is 0 Å². The molecule has 0 fully saturated rings. The largest absolute Gasteiger partial charge is 0.349 e. The predicted octanol–water partition coefficient (Wildman–Crippen LogP) is 4.52. The van der Waals surface area contributed by atoms with E-state index in [2.05, 4.69) is 51.0 Å². The number of rotatable bonds is 5. The summed E-state index contributed by atoms with van der Waals surface area (Å²) in [7, 11) is 0. The SMILES string of the molecule is CCCC(CC)NC(=O)c1cc(Br)cc(Br)c1. The maximum absolute atomic E-state index is 12.0. The molecule has 0 aliphatic rings. The van der Waals surface area contributed by atoms with Gasteiger partial charge in [0.1, 0.15) is 0 Å². The molecule has 1 amide bonds. The zero-order chi connectivity index (χ0) is 12.8. The zero-order valence-electron chi connectivity index (χ0n) is 10.1. The van der Waals surface area contributed by atoms with Crippen LogP contribution in [0.2, 0.25) is 0 Å². The van der Waals surface area contributed by atoms with E-state index in [1.54, 1.807) is 0 Å². The molecule has 0 radical (unpaired) electrons. The number of carbonyl (C=O) groups is 1. The minimum Gasteiger partial charge on any atom is -0.349 e. The van der Waals surface area contributed by atoms with Crippen molar-refractivity contribution in [2.24, 2.45) is 0 Å². The second-order valence-corrected chi connectivity index (χ2v) is 5.86. The predicted molar refractivity (Wildman–Crippen MR) is 78.3 cm³/mol. The van der Waals surface area contributed by atoms with Gasteiger partial charge in [-0.05, 0) is 31.0 Å². The monoisotopic (exact) mass is 361 g/mol. The summed E-state index contributed by atoms with van der Waals surface area (Å²) in [5, 5.41) is 3.06. The zero-order valence-corrected chi connectivity index (χ0v) is 13.3. The fraction of sp³-hybridized carbons (Fsp3) is 0.462. The van der Waals surface area contributed by atoms with Gasteiger partial charge >= 0.3 is 0 Å². The summed E-state index contributed by atoms with van der Waals surface area (Å²) < 4.78 is 1.81. The summed E-state index contributed by atoms with van der Waals surface area (Å²) >= 11 is 6.77. The Kier molecular flexibility index (Phi) is 6.20. The van der Waals surface area contributed by atoms with Gasteiger partial charge in [0.2, 0.25) is 0 Å². The van der Waals surface area contributed by atoms with Crippen LogP contribution in [0.25, 0.3) is 0 Å². The van der Waals surface area contributed by atoms with Crippen molar-refractivity contribution in [1.82, 2.24) is 5.32 Å². The molecule has 1 aromatic rings. The van der Waals surface area contributed by atoms with Crippen LogP contribution in [0.5, 0.6) is 0 Å². The molecule has 1 N–H and O–H groups in total. The highest BCUT2D eigenvalue weighted by molar-refractivity contribution is 9.11. The summed E-state index contributed by atoms with van der Waals surface area (Å²) in [5.74, 6) is -0.00713. The van der Waals surface area contributed by atoms with E-state index in [1.807, 2.05) is 18.2 Å². The lowest BCUT2D eigenvalue weighted by Crippen LogP contribution is -2.34. The number of halogens is 2. The summed E-state index contributed by atoms with van der Waals surface area (Å²) in [6.07, 6.45) is 3.08. The Morgan fingerprint density at radius 2 is 1.82 bits per heavy atom. The molecule has 17 heavy (non-hydrogen) atoms. The summed E-state index contributed by atoms with van der Waals surface area (Å²) in [6, 6.07) is 5.85. The van der Waals surface area contributed by atoms with E-state index in [0.29, 0.717) is 5.56 Å². The van der Waals surface area contributed by atoms with E-state index in [1.165, 1.54) is 0 Å². The van der Waals surface area contributed by atoms with Gasteiger partial charge in [-0.25, -0.2) is 0 Å². The van der Waals surface area contributed by atoms with Crippen LogP contribution < -0.4 is 5.32 Å². The maximum atomic E-state index is 12.0. The van der Waals surface area contributed by atoms with Crippen LogP contribution in [0.4, 0.5) is 0 Å². The summed E-state index contributed by atoms with van der Waals surface area (Å²) in [4.78, 5) is 12.0. The van der Waals surface area contributed by atoms with Crippen molar-refractivity contribution in [3.63, 3.8) is 0 Å². The number of amides is 1. The summed E-state index contributed by atoms with van der Waals surface area (Å²) in [6.45, 7) is 4.22. The van der Waals surface area contributed by atoms with Crippen LogP contribution in [0.3, 0.4) is 0 Å². The Labute approximate surface area is 119 Å². The van der Waals surface area contributed by atoms with E-state index in [0.717, 1.165) is 28.2 Å². The molecular formula is C13H17Br2NO. The molecule has 94 valence electrons. The van der Waals surface area contributed by atoms with Gasteiger partial charge in [0.25, 0.3) is 5.91 Å². The normalized spacial score (nSPS) is 12.2. The lowest BCUT2D eigenvalue weighted by Gasteiger charge is -2.16. The van der Waals surface area contributed by atoms with Crippen LogP contribution >= 0.6 is 31.9 Å². The van der Waals surface area contributed by atoms with Gasteiger partial charge in [-0.1, -0.05) is 52.1 Å². The molecule has 1 unspecified atom stereocenters. The van der Waals surface area contributed by atoms with Gasteiger partial charge in [0, 0.05) is 20.6 Å². The smallest absolute Gasteiger partial charge is 0.251 e. The molecule has 4 heteroatoms. The molecule has 0 aliphatic carbocycles.